The van der Waals surface area contributed by atoms with E-state index in [1.165, 1.54) is 16.7 Å². The molecule has 0 spiro atoms. The van der Waals surface area contributed by atoms with Crippen molar-refractivity contribution < 1.29 is 0 Å². The first-order valence-electron chi connectivity index (χ1n) is 17.8. The van der Waals surface area contributed by atoms with Gasteiger partial charge >= 0.3 is 0 Å². The number of azide groups is 1. The maximum absolute atomic E-state index is 7.66. The quantitative estimate of drug-likeness (QED) is 0.0215. The molecule has 60 heavy (non-hydrogen) atoms. The Labute approximate surface area is 361 Å². The lowest BCUT2D eigenvalue weighted by atomic mass is 10.2. The second-order valence-corrected chi connectivity index (χ2v) is 11.0. The van der Waals surface area contributed by atoms with E-state index >= 15 is 0 Å². The van der Waals surface area contributed by atoms with E-state index in [9.17, 15) is 0 Å². The lowest BCUT2D eigenvalue weighted by molar-refractivity contribution is 0.352. The average molecular weight is 827 g/mol. The molecule has 0 bridgehead atoms. The third kappa shape index (κ3) is 43.7. The average Bonchev–Trinajstić information content (AvgIpc) is 3.77. The van der Waals surface area contributed by atoms with Crippen molar-refractivity contribution in [2.45, 2.75) is 52.9 Å². The fourth-order valence-electron chi connectivity index (χ4n) is 4.07. The van der Waals surface area contributed by atoms with Gasteiger partial charge in [-0.2, -0.15) is 0 Å². The molecule has 4 aromatic rings. The topological polar surface area (TPSA) is 325 Å². The van der Waals surface area contributed by atoms with Gasteiger partial charge in [0, 0.05) is 81.1 Å². The van der Waals surface area contributed by atoms with Gasteiger partial charge in [0.2, 0.25) is 0 Å². The second-order valence-electron chi connectivity index (χ2n) is 11.0. The summed E-state index contributed by atoms with van der Waals surface area (Å²) in [6.45, 7) is 13.6. The van der Waals surface area contributed by atoms with Crippen LogP contribution >= 0.6 is 0 Å². The van der Waals surface area contributed by atoms with Gasteiger partial charge in [-0.1, -0.05) is 134 Å². The highest BCUT2D eigenvalue weighted by molar-refractivity contribution is 5.16. The van der Waals surface area contributed by atoms with E-state index in [1.54, 1.807) is 6.20 Å². The molecule has 0 atom stereocenters. The monoisotopic (exact) mass is 827 g/mol. The zero-order valence-electron chi connectivity index (χ0n) is 36.0. The molecule has 330 valence electrons. The summed E-state index contributed by atoms with van der Waals surface area (Å²) in [6, 6.07) is 30.5. The number of nitrogens with zero attached hydrogens (tertiary/aromatic N) is 7. The Bertz CT molecular complexity index is 1600. The van der Waals surface area contributed by atoms with Gasteiger partial charge in [-0.3, -0.25) is 9.58 Å². The molecule has 0 saturated heterocycles. The number of benzene rings is 3. The summed E-state index contributed by atoms with van der Waals surface area (Å²) >= 11 is 0. The van der Waals surface area contributed by atoms with Gasteiger partial charge in [-0.25, -0.2) is 0 Å². The van der Waals surface area contributed by atoms with E-state index in [0.717, 1.165) is 44.7 Å². The Hall–Kier alpha value is -7.03. The van der Waals surface area contributed by atoms with E-state index in [0.29, 0.717) is 31.9 Å². The Kier molecular flexibility index (Phi) is 61.0. The number of aryl methyl sites for hydroxylation is 1. The molecule has 1 heterocycles. The van der Waals surface area contributed by atoms with Gasteiger partial charge in [0.15, 0.2) is 0 Å². The van der Waals surface area contributed by atoms with Gasteiger partial charge in [0.25, 0.3) is 0 Å². The van der Waals surface area contributed by atoms with Gasteiger partial charge in [0.1, 0.15) is 0 Å². The number of hydrogen-bond acceptors (Lipinski definition) is 13. The summed E-state index contributed by atoms with van der Waals surface area (Å²) in [5.41, 5.74) is 30.0. The van der Waals surface area contributed by atoms with Crippen LogP contribution < -0.4 is 52.4 Å². The number of aromatic nitrogens is 3. The molecule has 0 radical (unpaired) electrons. The van der Waals surface area contributed by atoms with Crippen LogP contribution in [-0.2, 0) is 26.2 Å². The van der Waals surface area contributed by atoms with Crippen LogP contribution in [0.5, 0.6) is 0 Å². The van der Waals surface area contributed by atoms with E-state index in [2.05, 4.69) is 118 Å². The predicted molar refractivity (Wildman–Crippen MR) is 256 cm³/mol. The summed E-state index contributed by atoms with van der Waals surface area (Å²) in [5.74, 6) is 0. The van der Waals surface area contributed by atoms with Crippen LogP contribution in [0.3, 0.4) is 0 Å². The first kappa shape index (κ1) is 67.7. The highest BCUT2D eigenvalue weighted by Gasteiger charge is 2.05. The van der Waals surface area contributed by atoms with Crippen molar-refractivity contribution in [1.29, 1.82) is 0 Å². The fourth-order valence-corrected chi connectivity index (χ4v) is 4.07. The Morgan fingerprint density at radius 1 is 0.783 bits per heavy atom. The van der Waals surface area contributed by atoms with Crippen LogP contribution in [0, 0.1) is 38.5 Å². The first-order valence-corrected chi connectivity index (χ1v) is 17.8. The zero-order chi connectivity index (χ0) is 42.5. The Morgan fingerprint density at radius 3 is 1.63 bits per heavy atom. The van der Waals surface area contributed by atoms with Crippen LogP contribution in [0.4, 0.5) is 0 Å². The van der Waals surface area contributed by atoms with Crippen molar-refractivity contribution in [3.8, 4) is 38.5 Å². The smallest absolute Gasteiger partial charge is 0.0692 e. The molecule has 16 nitrogen and oxygen atoms in total. The van der Waals surface area contributed by atoms with Crippen molar-refractivity contribution >= 4 is 0 Å². The highest BCUT2D eigenvalue weighted by atomic mass is 15.4. The summed E-state index contributed by atoms with van der Waals surface area (Å²) in [4.78, 5) is 4.69. The lowest BCUT2D eigenvalue weighted by Crippen LogP contribution is -2.32. The minimum atomic E-state index is 0. The van der Waals surface area contributed by atoms with Gasteiger partial charge in [-0.15, -0.1) is 43.6 Å². The number of terminal acetylenes is 3. The van der Waals surface area contributed by atoms with Crippen molar-refractivity contribution in [2.75, 3.05) is 26.2 Å². The second kappa shape index (κ2) is 54.1. The SMILES string of the molecule is C#C.C#C.C#C.C=C(N)CN(C/C=C/NCc1ccccc1)C/C(N)=C/NCc1ccccc1.CCCN=[N+]=[N-].CCCn1ccnn1.N.N.N.N.NCc1ccccc1. The molecule has 0 amide bonds. The molecule has 3 aromatic carbocycles. The molecule has 16 heteroatoms. The summed E-state index contributed by atoms with van der Waals surface area (Å²) in [5, 5.41) is 17.3. The van der Waals surface area contributed by atoms with Crippen LogP contribution in [0.2, 0.25) is 0 Å². The van der Waals surface area contributed by atoms with Crippen molar-refractivity contribution in [1.82, 2.24) is 55.1 Å². The van der Waals surface area contributed by atoms with Crippen LogP contribution in [0.25, 0.3) is 10.4 Å². The molecule has 4 rings (SSSR count). The van der Waals surface area contributed by atoms with Gasteiger partial charge in [-0.05, 0) is 34.8 Å². The van der Waals surface area contributed by atoms with E-state index < -0.39 is 0 Å². The largest absolute Gasteiger partial charge is 0.401 e. The number of nitrogens with one attached hydrogen (secondary N) is 2. The van der Waals surface area contributed by atoms with E-state index in [1.807, 2.05) is 96.9 Å². The third-order valence-corrected chi connectivity index (χ3v) is 6.41. The number of nitrogens with two attached hydrogens (primary N) is 3. The Balaban J connectivity index is -0.000000144. The van der Waals surface area contributed by atoms with Crippen LogP contribution in [0.15, 0.2) is 145 Å². The lowest BCUT2D eigenvalue weighted by Gasteiger charge is -2.21. The van der Waals surface area contributed by atoms with Crippen LogP contribution in [-0.4, -0.2) is 46.1 Å². The maximum atomic E-state index is 7.66. The zero-order valence-corrected chi connectivity index (χ0v) is 36.0. The number of rotatable bonds is 17. The minimum Gasteiger partial charge on any atom is -0.401 e. The molecule has 0 aliphatic carbocycles. The fraction of sp³-hybridized carbons (Fsp3) is 0.273. The van der Waals surface area contributed by atoms with Crippen molar-refractivity contribution in [3.05, 3.63) is 167 Å². The summed E-state index contributed by atoms with van der Waals surface area (Å²) in [7, 11) is 0. The molecule has 0 saturated carbocycles. The van der Waals surface area contributed by atoms with E-state index in [-0.39, 0.29) is 24.6 Å². The molecule has 1 aromatic heterocycles. The minimum absolute atomic E-state index is 0. The van der Waals surface area contributed by atoms with Crippen molar-refractivity contribution in [2.24, 2.45) is 22.3 Å². The number of hydrogen-bond donors (Lipinski definition) is 9. The van der Waals surface area contributed by atoms with Crippen molar-refractivity contribution in [3.63, 3.8) is 0 Å². The molecular weight excluding hydrogens is 753 g/mol. The molecule has 0 aliphatic rings. The van der Waals surface area contributed by atoms with Crippen LogP contribution in [0.1, 0.15) is 43.4 Å². The predicted octanol–water partition coefficient (Wildman–Crippen LogP) is 7.59. The molecular formula is C44H74N16. The maximum Gasteiger partial charge on any atom is 0.0692 e. The summed E-state index contributed by atoms with van der Waals surface area (Å²) < 4.78 is 1.82. The molecule has 0 unspecified atom stereocenters. The molecule has 0 aliphatic heterocycles. The molecule has 20 N–H and O–H groups in total. The standard InChI is InChI=1S/C23H31N5.C7H9N.C5H9N3.C3H7N3.3C2H2.4H3N/c1-20(24)18-28(14-8-13-26-15-21-9-4-2-5-10-21)19-23(25)17-27-16-22-11-6-3-7-12-22;8-6-7-4-2-1-3-5-7;1-2-4-8-5-3-6-7-8;1-2-3-5-6-4;3*1-2;;;;/h2-13,17,26-27H,1,14-16,18-19,24-25H2;1-5H,6,8H2;3,5H,2,4H2,1H3;2-3H2,1H3;3*1-2H;4*1H3/b13-8+,23-17-;;;;;;;;;;. The summed E-state index contributed by atoms with van der Waals surface area (Å²) in [6.07, 6.45) is 35.5. The first-order chi connectivity index (χ1) is 27.4. The highest BCUT2D eigenvalue weighted by Crippen LogP contribution is 2.00. The van der Waals surface area contributed by atoms with E-state index in [4.69, 9.17) is 22.7 Å². The Morgan fingerprint density at radius 2 is 1.27 bits per heavy atom. The van der Waals surface area contributed by atoms with Gasteiger partial charge in [0.05, 0.1) is 6.20 Å². The van der Waals surface area contributed by atoms with Gasteiger partial charge < -0.3 is 52.4 Å². The normalized spacial score (nSPS) is 8.73. The molecule has 0 fully saturated rings. The third-order valence-electron chi connectivity index (χ3n) is 6.41.